The van der Waals surface area contributed by atoms with E-state index >= 15 is 0 Å². The van der Waals surface area contributed by atoms with Crippen LogP contribution in [0.25, 0.3) is 0 Å². The molecule has 0 spiro atoms. The molecule has 0 N–H and O–H groups in total. The van der Waals surface area contributed by atoms with Crippen molar-refractivity contribution in [3.05, 3.63) is 16.6 Å². The molecule has 1 fully saturated rings. The molecule has 0 amide bonds. The normalized spacial score (nSPS) is 19.8. The highest BCUT2D eigenvalue weighted by Crippen LogP contribution is 2.53. The zero-order chi connectivity index (χ0) is 12.0. The fourth-order valence-electron chi connectivity index (χ4n) is 1.56. The van der Waals surface area contributed by atoms with Gasteiger partial charge in [-0.3, -0.25) is 0 Å². The van der Waals surface area contributed by atoms with Crippen molar-refractivity contribution in [1.82, 2.24) is 4.98 Å². The number of hydrogen-bond acceptors (Lipinski definition) is 3. The maximum absolute atomic E-state index is 6.51. The number of hydrogen-bond donors (Lipinski definition) is 0. The smallest absolute Gasteiger partial charge is 0.193 e. The summed E-state index contributed by atoms with van der Waals surface area (Å²) in [5.74, 6) is 0. The zero-order valence-corrected chi connectivity index (χ0v) is 12.6. The van der Waals surface area contributed by atoms with Crippen LogP contribution in [0.2, 0.25) is 18.1 Å². The van der Waals surface area contributed by atoms with Gasteiger partial charge in [-0.2, -0.15) is 0 Å². The van der Waals surface area contributed by atoms with Crippen molar-refractivity contribution in [2.45, 2.75) is 57.3 Å². The second-order valence-electron chi connectivity index (χ2n) is 6.18. The Kier molecular flexibility index (Phi) is 2.80. The van der Waals surface area contributed by atoms with Gasteiger partial charge in [0.25, 0.3) is 0 Å². The highest BCUT2D eigenvalue weighted by Gasteiger charge is 2.53. The summed E-state index contributed by atoms with van der Waals surface area (Å²) in [5.41, 5.74) is 3.97. The molecule has 0 aromatic carbocycles. The first-order valence-corrected chi connectivity index (χ1v) is 9.58. The van der Waals surface area contributed by atoms with Crippen molar-refractivity contribution < 1.29 is 4.43 Å². The second kappa shape index (κ2) is 3.65. The van der Waals surface area contributed by atoms with E-state index in [1.165, 1.54) is 11.3 Å². The molecule has 0 saturated heterocycles. The molecule has 1 heterocycles. The van der Waals surface area contributed by atoms with Crippen LogP contribution < -0.4 is 0 Å². The first-order valence-electron chi connectivity index (χ1n) is 5.79. The average molecular weight is 254 g/mol. The fraction of sp³-hybridized carbons (Fsp3) is 0.750. The van der Waals surface area contributed by atoms with Crippen molar-refractivity contribution in [2.75, 3.05) is 0 Å². The van der Waals surface area contributed by atoms with Crippen LogP contribution in [0.1, 0.15) is 39.3 Å². The van der Waals surface area contributed by atoms with Gasteiger partial charge < -0.3 is 4.43 Å². The standard InChI is InChI=1S/C12H20NOSSi/c1-11(2,3)16(4,5)14-12(6-7-12)10-8-15-9-13-10/h8H,6-7H2,1-5H3. The topological polar surface area (TPSA) is 22.1 Å². The zero-order valence-electron chi connectivity index (χ0n) is 10.8. The number of aromatic nitrogens is 1. The van der Waals surface area contributed by atoms with Gasteiger partial charge >= 0.3 is 0 Å². The number of thiazole rings is 1. The second-order valence-corrected chi connectivity index (χ2v) is 11.6. The van der Waals surface area contributed by atoms with Crippen molar-refractivity contribution in [3.8, 4) is 0 Å². The minimum atomic E-state index is -1.68. The van der Waals surface area contributed by atoms with Crippen molar-refractivity contribution >= 4 is 19.7 Å². The summed E-state index contributed by atoms with van der Waals surface area (Å²) in [6, 6.07) is 0. The summed E-state index contributed by atoms with van der Waals surface area (Å²) >= 11 is 1.54. The van der Waals surface area contributed by atoms with Crippen LogP contribution in [0.4, 0.5) is 0 Å². The molecule has 2 nitrogen and oxygen atoms in total. The molecule has 1 aliphatic carbocycles. The molecular formula is C12H20NOSSi. The van der Waals surface area contributed by atoms with Gasteiger partial charge in [0.15, 0.2) is 13.8 Å². The summed E-state index contributed by atoms with van der Waals surface area (Å²) in [5, 5.41) is 2.35. The summed E-state index contributed by atoms with van der Waals surface area (Å²) < 4.78 is 6.51. The minimum Gasteiger partial charge on any atom is -0.406 e. The molecule has 1 aliphatic rings. The summed E-state index contributed by atoms with van der Waals surface area (Å²) in [7, 11) is -1.68. The lowest BCUT2D eigenvalue weighted by molar-refractivity contribution is 0.155. The van der Waals surface area contributed by atoms with Gasteiger partial charge in [0.2, 0.25) is 0 Å². The van der Waals surface area contributed by atoms with E-state index < -0.39 is 8.32 Å². The highest BCUT2D eigenvalue weighted by molar-refractivity contribution is 7.07. The monoisotopic (exact) mass is 254 g/mol. The molecule has 4 heteroatoms. The SMILES string of the molecule is CC(C)(C)[Si](C)(C)OC1(c2cs[c]n2)CC1. The van der Waals surface area contributed by atoms with Gasteiger partial charge in [-0.25, -0.2) is 4.98 Å². The fourth-order valence-corrected chi connectivity index (χ4v) is 3.73. The molecule has 1 saturated carbocycles. The minimum absolute atomic E-state index is 0.0560. The van der Waals surface area contributed by atoms with Crippen LogP contribution in [0.15, 0.2) is 5.38 Å². The first-order chi connectivity index (χ1) is 7.27. The van der Waals surface area contributed by atoms with Crippen LogP contribution in [0, 0.1) is 5.51 Å². The maximum Gasteiger partial charge on any atom is 0.193 e. The van der Waals surface area contributed by atoms with Gasteiger partial charge in [0.05, 0.1) is 11.3 Å². The van der Waals surface area contributed by atoms with Crippen molar-refractivity contribution in [2.24, 2.45) is 0 Å². The Hall–Kier alpha value is -0.193. The third kappa shape index (κ3) is 2.10. The van der Waals surface area contributed by atoms with Crippen LogP contribution >= 0.6 is 11.3 Å². The van der Waals surface area contributed by atoms with Crippen LogP contribution in [-0.4, -0.2) is 13.3 Å². The summed E-state index contributed by atoms with van der Waals surface area (Å²) in [6.45, 7) is 11.5. The Morgan fingerprint density at radius 3 is 2.44 bits per heavy atom. The van der Waals surface area contributed by atoms with E-state index in [9.17, 15) is 0 Å². The molecule has 0 unspecified atom stereocenters. The Balaban J connectivity index is 2.17. The van der Waals surface area contributed by atoms with Crippen molar-refractivity contribution in [3.63, 3.8) is 0 Å². The molecule has 16 heavy (non-hydrogen) atoms. The van der Waals surface area contributed by atoms with E-state index in [2.05, 4.69) is 49.7 Å². The van der Waals surface area contributed by atoms with E-state index in [0.717, 1.165) is 18.5 Å². The van der Waals surface area contributed by atoms with E-state index in [1.807, 2.05) is 0 Å². The Morgan fingerprint density at radius 2 is 2.06 bits per heavy atom. The number of nitrogens with zero attached hydrogens (tertiary/aromatic N) is 1. The van der Waals surface area contributed by atoms with Crippen LogP contribution in [-0.2, 0) is 10.0 Å². The third-order valence-electron chi connectivity index (χ3n) is 3.82. The Morgan fingerprint density at radius 1 is 1.44 bits per heavy atom. The Labute approximate surface area is 103 Å². The average Bonchev–Trinajstić information content (AvgIpc) is 2.71. The van der Waals surface area contributed by atoms with Gasteiger partial charge in [-0.15, -0.1) is 11.3 Å². The van der Waals surface area contributed by atoms with E-state index in [-0.39, 0.29) is 10.6 Å². The molecule has 2 rings (SSSR count). The van der Waals surface area contributed by atoms with E-state index in [4.69, 9.17) is 4.43 Å². The Bertz CT molecular complexity index is 363. The maximum atomic E-state index is 6.51. The van der Waals surface area contributed by atoms with Crippen molar-refractivity contribution in [1.29, 1.82) is 0 Å². The quantitative estimate of drug-likeness (QED) is 0.762. The van der Waals surface area contributed by atoms with Gasteiger partial charge in [0, 0.05) is 5.38 Å². The lowest BCUT2D eigenvalue weighted by Gasteiger charge is -2.39. The molecule has 1 aromatic heterocycles. The summed E-state index contributed by atoms with van der Waals surface area (Å²) in [4.78, 5) is 4.31. The van der Waals surface area contributed by atoms with Gasteiger partial charge in [-0.05, 0) is 31.0 Å². The van der Waals surface area contributed by atoms with E-state index in [1.54, 1.807) is 0 Å². The van der Waals surface area contributed by atoms with E-state index in [0.29, 0.717) is 0 Å². The third-order valence-corrected chi connectivity index (χ3v) is 8.87. The predicted octanol–water partition coefficient (Wildman–Crippen LogP) is 3.95. The molecule has 1 radical (unpaired) electrons. The van der Waals surface area contributed by atoms with Crippen LogP contribution in [0.5, 0.6) is 0 Å². The molecule has 89 valence electrons. The van der Waals surface area contributed by atoms with Crippen LogP contribution in [0.3, 0.4) is 0 Å². The first kappa shape index (κ1) is 12.3. The highest BCUT2D eigenvalue weighted by atomic mass is 32.1. The summed E-state index contributed by atoms with van der Waals surface area (Å²) in [6.07, 6.45) is 2.24. The molecule has 0 bridgehead atoms. The molecule has 0 atom stereocenters. The lowest BCUT2D eigenvalue weighted by atomic mass is 10.2. The predicted molar refractivity (Wildman–Crippen MR) is 70.1 cm³/mol. The molecular weight excluding hydrogens is 234 g/mol. The van der Waals surface area contributed by atoms with Gasteiger partial charge in [0.1, 0.15) is 0 Å². The largest absolute Gasteiger partial charge is 0.406 e. The molecule has 0 aliphatic heterocycles. The lowest BCUT2D eigenvalue weighted by Crippen LogP contribution is -2.44. The molecule has 1 aromatic rings. The number of rotatable bonds is 3. The van der Waals surface area contributed by atoms with Gasteiger partial charge in [-0.1, -0.05) is 20.8 Å².